The van der Waals surface area contributed by atoms with Crippen molar-refractivity contribution in [3.8, 4) is 0 Å². The van der Waals surface area contributed by atoms with Crippen LogP contribution in [0, 0.1) is 11.8 Å². The van der Waals surface area contributed by atoms with Crippen LogP contribution in [0.1, 0.15) is 58.8 Å². The van der Waals surface area contributed by atoms with Gasteiger partial charge in [-0.15, -0.1) is 0 Å². The monoisotopic (exact) mass is 430 g/mol. The molecular formula is C19H28F6N2O2. The number of rotatable bonds is 4. The van der Waals surface area contributed by atoms with E-state index >= 15 is 0 Å². The van der Waals surface area contributed by atoms with Crippen molar-refractivity contribution in [3.05, 3.63) is 0 Å². The van der Waals surface area contributed by atoms with Crippen LogP contribution in [0.25, 0.3) is 0 Å². The SMILES string of the molecule is CC1CCC(C(F)(F)F)CN1C(=O)CCCC(=O)N1CC(C(F)(F)F)CCC1C. The van der Waals surface area contributed by atoms with Crippen molar-refractivity contribution in [1.29, 1.82) is 0 Å². The maximum Gasteiger partial charge on any atom is 0.393 e. The molecule has 0 aromatic rings. The van der Waals surface area contributed by atoms with Crippen molar-refractivity contribution in [1.82, 2.24) is 9.80 Å². The zero-order valence-electron chi connectivity index (χ0n) is 16.7. The minimum absolute atomic E-state index is 0.0137. The number of likely N-dealkylation sites (tertiary alicyclic amines) is 2. The molecule has 4 unspecified atom stereocenters. The van der Waals surface area contributed by atoms with E-state index in [1.54, 1.807) is 13.8 Å². The average molecular weight is 430 g/mol. The number of hydrogen-bond donors (Lipinski definition) is 0. The third-order valence-corrected chi connectivity index (χ3v) is 6.11. The van der Waals surface area contributed by atoms with Crippen LogP contribution in [0.5, 0.6) is 0 Å². The smallest absolute Gasteiger partial charge is 0.339 e. The molecule has 29 heavy (non-hydrogen) atoms. The zero-order valence-corrected chi connectivity index (χ0v) is 16.7. The van der Waals surface area contributed by atoms with E-state index in [-0.39, 0.29) is 70.1 Å². The van der Waals surface area contributed by atoms with Gasteiger partial charge in [-0.1, -0.05) is 0 Å². The Balaban J connectivity index is 1.85. The molecule has 2 fully saturated rings. The Hall–Kier alpha value is -1.48. The fraction of sp³-hybridized carbons (Fsp3) is 0.895. The van der Waals surface area contributed by atoms with Gasteiger partial charge in [-0.2, -0.15) is 26.3 Å². The third kappa shape index (κ3) is 6.25. The lowest BCUT2D eigenvalue weighted by molar-refractivity contribution is -0.192. The average Bonchev–Trinajstić information content (AvgIpc) is 2.60. The molecule has 0 aromatic carbocycles. The molecule has 4 atom stereocenters. The van der Waals surface area contributed by atoms with E-state index in [2.05, 4.69) is 0 Å². The molecule has 0 bridgehead atoms. The van der Waals surface area contributed by atoms with Crippen molar-refractivity contribution in [2.24, 2.45) is 11.8 Å². The van der Waals surface area contributed by atoms with Crippen molar-refractivity contribution >= 4 is 11.8 Å². The van der Waals surface area contributed by atoms with Crippen LogP contribution >= 0.6 is 0 Å². The van der Waals surface area contributed by atoms with Crippen molar-refractivity contribution < 1.29 is 35.9 Å². The third-order valence-electron chi connectivity index (χ3n) is 6.11. The molecule has 0 aromatic heterocycles. The molecular weight excluding hydrogens is 402 g/mol. The summed E-state index contributed by atoms with van der Waals surface area (Å²) in [5, 5.41) is 0. The van der Waals surface area contributed by atoms with Gasteiger partial charge in [0.25, 0.3) is 0 Å². The quantitative estimate of drug-likeness (QED) is 0.615. The standard InChI is InChI=1S/C19H28F6N2O2/c1-12-6-8-14(18(20,21)22)10-26(12)16(28)4-3-5-17(29)27-11-15(19(23,24)25)9-7-13(27)2/h12-15H,3-11H2,1-2H3. The predicted molar refractivity (Wildman–Crippen MR) is 93.8 cm³/mol. The Kier molecular flexibility index (Phi) is 7.48. The number of carbonyl (C=O) groups is 2. The van der Waals surface area contributed by atoms with Gasteiger partial charge in [0, 0.05) is 38.0 Å². The number of amides is 2. The van der Waals surface area contributed by atoms with Crippen LogP contribution in [0.3, 0.4) is 0 Å². The summed E-state index contributed by atoms with van der Waals surface area (Å²) in [6.07, 6.45) is -8.28. The second-order valence-corrected chi connectivity index (χ2v) is 8.28. The van der Waals surface area contributed by atoms with Gasteiger partial charge in [0.2, 0.25) is 11.8 Å². The van der Waals surface area contributed by atoms with E-state index in [0.29, 0.717) is 0 Å². The Bertz CT molecular complexity index is 542. The summed E-state index contributed by atoms with van der Waals surface area (Å²) in [4.78, 5) is 27.2. The van der Waals surface area contributed by atoms with Crippen LogP contribution < -0.4 is 0 Å². The highest BCUT2D eigenvalue weighted by Crippen LogP contribution is 2.36. The highest BCUT2D eigenvalue weighted by atomic mass is 19.4. The Labute approximate surface area is 166 Å². The van der Waals surface area contributed by atoms with Crippen LogP contribution in [0.2, 0.25) is 0 Å². The highest BCUT2D eigenvalue weighted by molar-refractivity contribution is 5.79. The Morgan fingerprint density at radius 1 is 0.724 bits per heavy atom. The Morgan fingerprint density at radius 2 is 1.07 bits per heavy atom. The van der Waals surface area contributed by atoms with Crippen molar-refractivity contribution in [2.75, 3.05) is 13.1 Å². The Morgan fingerprint density at radius 3 is 1.38 bits per heavy atom. The van der Waals surface area contributed by atoms with Gasteiger partial charge >= 0.3 is 12.4 Å². The summed E-state index contributed by atoms with van der Waals surface area (Å²) in [5.74, 6) is -3.98. The molecule has 4 nitrogen and oxygen atoms in total. The minimum Gasteiger partial charge on any atom is -0.339 e. The summed E-state index contributed by atoms with van der Waals surface area (Å²) < 4.78 is 77.7. The molecule has 10 heteroatoms. The summed E-state index contributed by atoms with van der Waals surface area (Å²) in [5.41, 5.74) is 0. The topological polar surface area (TPSA) is 40.6 Å². The molecule has 168 valence electrons. The maximum absolute atomic E-state index is 13.0. The first-order valence-electron chi connectivity index (χ1n) is 10.0. The molecule has 2 rings (SSSR count). The van der Waals surface area contributed by atoms with Gasteiger partial charge in [-0.3, -0.25) is 9.59 Å². The molecule has 0 radical (unpaired) electrons. The lowest BCUT2D eigenvalue weighted by atomic mass is 9.92. The van der Waals surface area contributed by atoms with Gasteiger partial charge in [-0.05, 0) is 46.0 Å². The van der Waals surface area contributed by atoms with Gasteiger partial charge < -0.3 is 9.80 Å². The molecule has 2 aliphatic heterocycles. The van der Waals surface area contributed by atoms with Gasteiger partial charge in [0.1, 0.15) is 0 Å². The van der Waals surface area contributed by atoms with Gasteiger partial charge in [0.05, 0.1) is 11.8 Å². The summed E-state index contributed by atoms with van der Waals surface area (Å²) >= 11 is 0. The molecule has 0 N–H and O–H groups in total. The highest BCUT2D eigenvalue weighted by Gasteiger charge is 2.45. The number of nitrogens with zero attached hydrogens (tertiary/aromatic N) is 2. The maximum atomic E-state index is 13.0. The first-order valence-corrected chi connectivity index (χ1v) is 10.0. The number of alkyl halides is 6. The fourth-order valence-electron chi connectivity index (χ4n) is 4.12. The molecule has 0 saturated carbocycles. The van der Waals surface area contributed by atoms with Gasteiger partial charge in [0.15, 0.2) is 0 Å². The van der Waals surface area contributed by atoms with E-state index in [1.165, 1.54) is 9.80 Å². The second-order valence-electron chi connectivity index (χ2n) is 8.28. The molecule has 0 aliphatic carbocycles. The number of hydrogen-bond acceptors (Lipinski definition) is 2. The van der Waals surface area contributed by atoms with E-state index in [1.807, 2.05) is 0 Å². The van der Waals surface area contributed by atoms with Crippen LogP contribution in [-0.2, 0) is 9.59 Å². The first kappa shape index (κ1) is 23.8. The fourth-order valence-corrected chi connectivity index (χ4v) is 4.12. The number of halogens is 6. The van der Waals surface area contributed by atoms with Crippen LogP contribution in [-0.4, -0.2) is 59.1 Å². The molecule has 0 spiro atoms. The lowest BCUT2D eigenvalue weighted by Crippen LogP contribution is -2.49. The minimum atomic E-state index is -4.35. The summed E-state index contributed by atoms with van der Waals surface area (Å²) in [6.45, 7) is 2.63. The normalized spacial score (nSPS) is 29.1. The van der Waals surface area contributed by atoms with Crippen molar-refractivity contribution in [2.45, 2.75) is 83.2 Å². The van der Waals surface area contributed by atoms with E-state index in [9.17, 15) is 35.9 Å². The lowest BCUT2D eigenvalue weighted by Gasteiger charge is -2.39. The summed E-state index contributed by atoms with van der Waals surface area (Å²) in [6, 6.07) is -0.599. The van der Waals surface area contributed by atoms with E-state index in [0.717, 1.165) is 0 Å². The largest absolute Gasteiger partial charge is 0.393 e. The van der Waals surface area contributed by atoms with Gasteiger partial charge in [-0.25, -0.2) is 0 Å². The number of piperidine rings is 2. The van der Waals surface area contributed by atoms with Crippen LogP contribution in [0.15, 0.2) is 0 Å². The molecule has 2 heterocycles. The molecule has 2 saturated heterocycles. The molecule has 2 amide bonds. The van der Waals surface area contributed by atoms with E-state index < -0.39 is 36.0 Å². The molecule has 2 aliphatic rings. The van der Waals surface area contributed by atoms with Crippen LogP contribution in [0.4, 0.5) is 26.3 Å². The van der Waals surface area contributed by atoms with Crippen molar-refractivity contribution in [3.63, 3.8) is 0 Å². The first-order chi connectivity index (χ1) is 13.3. The zero-order chi connectivity index (χ0) is 22.0. The second kappa shape index (κ2) is 9.12. The summed E-state index contributed by atoms with van der Waals surface area (Å²) in [7, 11) is 0. The predicted octanol–water partition coefficient (Wildman–Crippen LogP) is 4.54. The van der Waals surface area contributed by atoms with E-state index in [4.69, 9.17) is 0 Å². The number of carbonyl (C=O) groups excluding carboxylic acids is 2.